The predicted octanol–water partition coefficient (Wildman–Crippen LogP) is 2.55. The zero-order valence-corrected chi connectivity index (χ0v) is 8.35. The fourth-order valence-corrected chi connectivity index (χ4v) is 1.48. The summed E-state index contributed by atoms with van der Waals surface area (Å²) in [6.07, 6.45) is 1.23. The van der Waals surface area contributed by atoms with Crippen molar-refractivity contribution in [3.63, 3.8) is 0 Å². The Labute approximate surface area is 74.3 Å². The van der Waals surface area contributed by atoms with Crippen LogP contribution in [-0.2, 0) is 4.74 Å². The molecule has 0 amide bonds. The molecule has 2 heteroatoms. The smallest absolute Gasteiger partial charge is 0.211 e. The van der Waals surface area contributed by atoms with Crippen molar-refractivity contribution in [1.82, 2.24) is 0 Å². The SMILES string of the molecule is C=C(C)C1=NC(C)(C)C[C@@H](C)O1. The summed E-state index contributed by atoms with van der Waals surface area (Å²) in [6.45, 7) is 12.1. The van der Waals surface area contributed by atoms with Gasteiger partial charge in [-0.05, 0) is 27.7 Å². The summed E-state index contributed by atoms with van der Waals surface area (Å²) in [7, 11) is 0. The van der Waals surface area contributed by atoms with Crippen molar-refractivity contribution in [1.29, 1.82) is 0 Å². The normalized spacial score (nSPS) is 27.3. The van der Waals surface area contributed by atoms with Crippen LogP contribution in [0.5, 0.6) is 0 Å². The van der Waals surface area contributed by atoms with Crippen molar-refractivity contribution < 1.29 is 4.74 Å². The maximum Gasteiger partial charge on any atom is 0.211 e. The lowest BCUT2D eigenvalue weighted by Gasteiger charge is -2.31. The topological polar surface area (TPSA) is 21.6 Å². The van der Waals surface area contributed by atoms with E-state index in [0.717, 1.165) is 17.9 Å². The van der Waals surface area contributed by atoms with E-state index in [1.807, 2.05) is 6.92 Å². The lowest BCUT2D eigenvalue weighted by Crippen LogP contribution is -2.34. The third kappa shape index (κ3) is 2.10. The van der Waals surface area contributed by atoms with Gasteiger partial charge in [0, 0.05) is 12.0 Å². The molecule has 68 valence electrons. The van der Waals surface area contributed by atoms with E-state index in [4.69, 9.17) is 4.74 Å². The number of ether oxygens (including phenoxy) is 1. The minimum Gasteiger partial charge on any atom is -0.475 e. The first kappa shape index (κ1) is 9.30. The van der Waals surface area contributed by atoms with Gasteiger partial charge in [0.2, 0.25) is 5.90 Å². The number of hydrogen-bond acceptors (Lipinski definition) is 2. The molecule has 0 aromatic carbocycles. The standard InChI is InChI=1S/C10H17NO/c1-7(2)9-11-10(4,5)6-8(3)12-9/h8H,1,6H2,2-5H3/t8-/m1/s1. The summed E-state index contributed by atoms with van der Waals surface area (Å²) in [4.78, 5) is 4.46. The number of rotatable bonds is 1. The molecule has 0 aliphatic carbocycles. The molecule has 12 heavy (non-hydrogen) atoms. The molecule has 0 saturated carbocycles. The molecule has 2 nitrogen and oxygen atoms in total. The van der Waals surface area contributed by atoms with Crippen LogP contribution < -0.4 is 0 Å². The molecule has 1 rings (SSSR count). The van der Waals surface area contributed by atoms with E-state index in [0.29, 0.717) is 0 Å². The predicted molar refractivity (Wildman–Crippen MR) is 51.5 cm³/mol. The molecule has 0 bridgehead atoms. The highest BCUT2D eigenvalue weighted by Crippen LogP contribution is 2.25. The van der Waals surface area contributed by atoms with Crippen molar-refractivity contribution in [2.24, 2.45) is 4.99 Å². The van der Waals surface area contributed by atoms with Crippen molar-refractivity contribution in [3.8, 4) is 0 Å². The van der Waals surface area contributed by atoms with Gasteiger partial charge in [0.15, 0.2) is 0 Å². The van der Waals surface area contributed by atoms with Crippen LogP contribution >= 0.6 is 0 Å². The van der Waals surface area contributed by atoms with E-state index in [-0.39, 0.29) is 11.6 Å². The van der Waals surface area contributed by atoms with E-state index in [1.165, 1.54) is 0 Å². The quantitative estimate of drug-likeness (QED) is 0.588. The van der Waals surface area contributed by atoms with Crippen LogP contribution in [0.25, 0.3) is 0 Å². The number of aliphatic imine (C=N–C) groups is 1. The lowest BCUT2D eigenvalue weighted by molar-refractivity contribution is 0.145. The molecule has 0 fully saturated rings. The Kier molecular flexibility index (Phi) is 2.27. The van der Waals surface area contributed by atoms with Crippen molar-refractivity contribution in [2.45, 2.75) is 45.8 Å². The summed E-state index contributed by atoms with van der Waals surface area (Å²) < 4.78 is 5.53. The molecule has 0 aromatic rings. The van der Waals surface area contributed by atoms with Gasteiger partial charge in [-0.15, -0.1) is 0 Å². The van der Waals surface area contributed by atoms with Crippen LogP contribution in [-0.4, -0.2) is 17.5 Å². The molecule has 1 aliphatic heterocycles. The minimum absolute atomic E-state index is 0.00590. The van der Waals surface area contributed by atoms with Gasteiger partial charge in [0.05, 0.1) is 11.6 Å². The van der Waals surface area contributed by atoms with Gasteiger partial charge < -0.3 is 4.74 Å². The zero-order valence-electron chi connectivity index (χ0n) is 8.35. The first-order chi connectivity index (χ1) is 5.41. The summed E-state index contributed by atoms with van der Waals surface area (Å²) in [5, 5.41) is 0. The van der Waals surface area contributed by atoms with Crippen LogP contribution in [0.15, 0.2) is 17.1 Å². The number of hydrogen-bond donors (Lipinski definition) is 0. The largest absolute Gasteiger partial charge is 0.475 e. The first-order valence-electron chi connectivity index (χ1n) is 4.33. The summed E-state index contributed by atoms with van der Waals surface area (Å²) in [5.74, 6) is 0.721. The molecule has 1 atom stereocenters. The third-order valence-electron chi connectivity index (χ3n) is 1.87. The van der Waals surface area contributed by atoms with Crippen molar-refractivity contribution >= 4 is 5.90 Å². The molecule has 0 saturated heterocycles. The van der Waals surface area contributed by atoms with E-state index in [2.05, 4.69) is 32.3 Å². The van der Waals surface area contributed by atoms with Crippen molar-refractivity contribution in [2.75, 3.05) is 0 Å². The Balaban J connectivity index is 2.88. The fourth-order valence-electron chi connectivity index (χ4n) is 1.48. The second-order valence-corrected chi connectivity index (χ2v) is 4.14. The molecule has 1 heterocycles. The highest BCUT2D eigenvalue weighted by Gasteiger charge is 2.27. The monoisotopic (exact) mass is 167 g/mol. The van der Waals surface area contributed by atoms with Crippen LogP contribution in [0, 0.1) is 0 Å². The molecular formula is C10H17NO. The maximum atomic E-state index is 5.53. The van der Waals surface area contributed by atoms with Crippen molar-refractivity contribution in [3.05, 3.63) is 12.2 Å². The highest BCUT2D eigenvalue weighted by molar-refractivity contribution is 5.93. The molecule has 1 aliphatic rings. The molecule has 0 radical (unpaired) electrons. The second-order valence-electron chi connectivity index (χ2n) is 4.14. The summed E-state index contributed by atoms with van der Waals surface area (Å²) in [6, 6.07) is 0. The Morgan fingerprint density at radius 2 is 2.25 bits per heavy atom. The first-order valence-corrected chi connectivity index (χ1v) is 4.33. The van der Waals surface area contributed by atoms with Crippen LogP contribution in [0.3, 0.4) is 0 Å². The Morgan fingerprint density at radius 3 is 2.67 bits per heavy atom. The molecule has 0 aromatic heterocycles. The van der Waals surface area contributed by atoms with Gasteiger partial charge in [-0.3, -0.25) is 0 Å². The van der Waals surface area contributed by atoms with E-state index in [1.54, 1.807) is 0 Å². The average molecular weight is 167 g/mol. The summed E-state index contributed by atoms with van der Waals surface area (Å²) in [5.41, 5.74) is 0.918. The fraction of sp³-hybridized carbons (Fsp3) is 0.700. The third-order valence-corrected chi connectivity index (χ3v) is 1.87. The Bertz CT molecular complexity index is 228. The van der Waals surface area contributed by atoms with Gasteiger partial charge in [-0.2, -0.15) is 0 Å². The van der Waals surface area contributed by atoms with E-state index in [9.17, 15) is 0 Å². The van der Waals surface area contributed by atoms with Gasteiger partial charge in [0.1, 0.15) is 0 Å². The van der Waals surface area contributed by atoms with Gasteiger partial charge in [-0.25, -0.2) is 4.99 Å². The highest BCUT2D eigenvalue weighted by atomic mass is 16.5. The molecule has 0 N–H and O–H groups in total. The maximum absolute atomic E-state index is 5.53. The number of nitrogens with zero attached hydrogens (tertiary/aromatic N) is 1. The molecule has 0 unspecified atom stereocenters. The Morgan fingerprint density at radius 1 is 1.67 bits per heavy atom. The van der Waals surface area contributed by atoms with Crippen LogP contribution in [0.1, 0.15) is 34.1 Å². The molecular weight excluding hydrogens is 150 g/mol. The van der Waals surface area contributed by atoms with E-state index >= 15 is 0 Å². The lowest BCUT2D eigenvalue weighted by atomic mass is 9.96. The van der Waals surface area contributed by atoms with E-state index < -0.39 is 0 Å². The van der Waals surface area contributed by atoms with Crippen LogP contribution in [0.4, 0.5) is 0 Å². The van der Waals surface area contributed by atoms with Gasteiger partial charge >= 0.3 is 0 Å². The Hall–Kier alpha value is -0.790. The van der Waals surface area contributed by atoms with Crippen LogP contribution in [0.2, 0.25) is 0 Å². The molecule has 0 spiro atoms. The summed E-state index contributed by atoms with van der Waals surface area (Å²) >= 11 is 0. The van der Waals surface area contributed by atoms with Gasteiger partial charge in [0.25, 0.3) is 0 Å². The zero-order chi connectivity index (χ0) is 9.35. The second kappa shape index (κ2) is 2.92. The average Bonchev–Trinajstić information content (AvgIpc) is 1.82. The van der Waals surface area contributed by atoms with Gasteiger partial charge in [-0.1, -0.05) is 6.58 Å². The minimum atomic E-state index is 0.00590.